The fourth-order valence-corrected chi connectivity index (χ4v) is 5.73. The van der Waals surface area contributed by atoms with Crippen LogP contribution in [0.5, 0.6) is 0 Å². The normalized spacial score (nSPS) is 17.0. The van der Waals surface area contributed by atoms with Gasteiger partial charge in [-0.15, -0.1) is 0 Å². The lowest BCUT2D eigenvalue weighted by molar-refractivity contribution is -0.384. The zero-order chi connectivity index (χ0) is 33.0. The van der Waals surface area contributed by atoms with E-state index in [1.54, 1.807) is 134 Å². The predicted octanol–water partition coefficient (Wildman–Crippen LogP) is 7.93. The molecular weight excluding hydrogens is 592 g/mol. The minimum Gasteiger partial charge on any atom is -0.464 e. The number of ether oxygens (including phenoxy) is 1. The minimum atomic E-state index is -1.72. The molecule has 0 saturated carbocycles. The molecule has 6 rings (SSSR count). The van der Waals surface area contributed by atoms with E-state index in [9.17, 15) is 24.5 Å². The van der Waals surface area contributed by atoms with E-state index in [1.807, 2.05) is 6.07 Å². The molecule has 5 aromatic rings. The number of hydrogen-bond donors (Lipinski definition) is 0. The number of Topliss-reactive ketones (excluding diaryl/α,β-unsaturated/α-hetero) is 3. The van der Waals surface area contributed by atoms with Crippen LogP contribution in [0.25, 0.3) is 5.76 Å². The zero-order valence-corrected chi connectivity index (χ0v) is 25.3. The molecule has 0 N–H and O–H groups in total. The van der Waals surface area contributed by atoms with E-state index >= 15 is 0 Å². The molecule has 0 unspecified atom stereocenters. The third-order valence-electron chi connectivity index (χ3n) is 7.97. The molecule has 1 aliphatic heterocycles. The monoisotopic (exact) mass is 620 g/mol. The van der Waals surface area contributed by atoms with Crippen molar-refractivity contribution in [1.29, 1.82) is 0 Å². The smallest absolute Gasteiger partial charge is 0.269 e. The van der Waals surface area contributed by atoms with Gasteiger partial charge in [-0.1, -0.05) is 133 Å². The summed E-state index contributed by atoms with van der Waals surface area (Å²) in [5.74, 6) is -2.33. The molecule has 47 heavy (non-hydrogen) atoms. The zero-order valence-electron chi connectivity index (χ0n) is 25.3. The van der Waals surface area contributed by atoms with E-state index in [0.717, 1.165) is 0 Å². The molecular formula is C39H28N2O6. The summed E-state index contributed by atoms with van der Waals surface area (Å²) in [6, 6.07) is 40.2. The van der Waals surface area contributed by atoms with Crippen molar-refractivity contribution in [2.45, 2.75) is 18.6 Å². The average Bonchev–Trinajstić information content (AvgIpc) is 3.44. The van der Waals surface area contributed by atoms with Gasteiger partial charge in [0, 0.05) is 34.4 Å². The molecule has 230 valence electrons. The van der Waals surface area contributed by atoms with Crippen LogP contribution in [0.1, 0.15) is 55.0 Å². The molecule has 8 heteroatoms. The van der Waals surface area contributed by atoms with Crippen LogP contribution in [0.15, 0.2) is 156 Å². The third kappa shape index (κ3) is 6.17. The Morgan fingerprint density at radius 3 is 1.57 bits per heavy atom. The number of carbonyl (C=O) groups is 3. The van der Waals surface area contributed by atoms with Gasteiger partial charge in [-0.25, -0.2) is 4.99 Å². The van der Waals surface area contributed by atoms with Crippen LogP contribution in [-0.2, 0) is 4.74 Å². The molecule has 0 fully saturated rings. The number of carbonyl (C=O) groups excluding carboxylic acids is 3. The molecule has 2 atom stereocenters. The lowest BCUT2D eigenvalue weighted by atomic mass is 9.80. The van der Waals surface area contributed by atoms with E-state index in [1.165, 1.54) is 12.1 Å². The number of nitro benzene ring substituents is 1. The van der Waals surface area contributed by atoms with Crippen molar-refractivity contribution < 1.29 is 24.0 Å². The summed E-state index contributed by atoms with van der Waals surface area (Å²) in [5, 5.41) is 11.5. The first-order valence-corrected chi connectivity index (χ1v) is 14.9. The Bertz CT molecular complexity index is 1970. The highest BCUT2D eigenvalue weighted by Gasteiger charge is 2.51. The van der Waals surface area contributed by atoms with Crippen molar-refractivity contribution in [2.75, 3.05) is 0 Å². The van der Waals surface area contributed by atoms with Crippen molar-refractivity contribution in [3.63, 3.8) is 0 Å². The summed E-state index contributed by atoms with van der Waals surface area (Å²) in [7, 11) is 0. The summed E-state index contributed by atoms with van der Waals surface area (Å²) in [6.45, 7) is 1.61. The van der Waals surface area contributed by atoms with E-state index in [2.05, 4.69) is 0 Å². The van der Waals surface area contributed by atoms with Crippen LogP contribution in [0.3, 0.4) is 0 Å². The maximum atomic E-state index is 14.4. The highest BCUT2D eigenvalue weighted by molar-refractivity contribution is 6.72. The number of rotatable bonds is 10. The number of nitrogens with zero attached hydrogens (tertiary/aromatic N) is 2. The lowest BCUT2D eigenvalue weighted by Gasteiger charge is -2.29. The summed E-state index contributed by atoms with van der Waals surface area (Å²) >= 11 is 0. The van der Waals surface area contributed by atoms with Gasteiger partial charge >= 0.3 is 0 Å². The van der Waals surface area contributed by atoms with Crippen molar-refractivity contribution >= 4 is 34.5 Å². The summed E-state index contributed by atoms with van der Waals surface area (Å²) in [5.41, 5.74) is -0.0410. The molecule has 0 radical (unpaired) electrons. The standard InChI is InChI=1S/C39H28N2O6/c1-39(40-34(36(43)28-16-8-3-9-17-28)37(44)29-18-10-4-11-19-29)33(26-22-24-31(25-23-26)41(45)46)32(35(42)27-14-6-2-7-15-27)38(47-39)30-20-12-5-13-21-30/h2-25,33H,1H3/t33-,39-/m1/s1. The van der Waals surface area contributed by atoms with Crippen molar-refractivity contribution in [2.24, 2.45) is 4.99 Å². The van der Waals surface area contributed by atoms with E-state index in [0.29, 0.717) is 16.7 Å². The maximum absolute atomic E-state index is 14.4. The number of ketones is 3. The Morgan fingerprint density at radius 1 is 0.660 bits per heavy atom. The summed E-state index contributed by atoms with van der Waals surface area (Å²) in [6.07, 6.45) is 0. The number of nitro groups is 1. The van der Waals surface area contributed by atoms with Gasteiger partial charge in [0.15, 0.2) is 11.5 Å². The summed E-state index contributed by atoms with van der Waals surface area (Å²) < 4.78 is 6.67. The Morgan fingerprint density at radius 2 is 1.11 bits per heavy atom. The van der Waals surface area contributed by atoms with Crippen molar-refractivity contribution in [1.82, 2.24) is 0 Å². The van der Waals surface area contributed by atoms with Gasteiger partial charge in [0.1, 0.15) is 5.76 Å². The van der Waals surface area contributed by atoms with Crippen LogP contribution < -0.4 is 0 Å². The number of benzene rings is 5. The van der Waals surface area contributed by atoms with Gasteiger partial charge in [0.2, 0.25) is 17.3 Å². The number of non-ortho nitro benzene ring substituents is 1. The van der Waals surface area contributed by atoms with Gasteiger partial charge in [-0.3, -0.25) is 24.5 Å². The van der Waals surface area contributed by atoms with Gasteiger partial charge in [-0.2, -0.15) is 0 Å². The molecule has 0 amide bonds. The minimum absolute atomic E-state index is 0.139. The number of aliphatic imine (C=N–C) groups is 1. The maximum Gasteiger partial charge on any atom is 0.269 e. The number of hydrogen-bond acceptors (Lipinski definition) is 7. The van der Waals surface area contributed by atoms with Gasteiger partial charge in [-0.05, 0) is 12.5 Å². The molecule has 5 aromatic carbocycles. The third-order valence-corrected chi connectivity index (χ3v) is 7.97. The molecule has 1 aliphatic rings. The van der Waals surface area contributed by atoms with Crippen LogP contribution >= 0.6 is 0 Å². The second kappa shape index (κ2) is 13.0. The Hall–Kier alpha value is -6.28. The summed E-state index contributed by atoms with van der Waals surface area (Å²) in [4.78, 5) is 58.5. The largest absolute Gasteiger partial charge is 0.464 e. The molecule has 0 saturated heterocycles. The van der Waals surface area contributed by atoms with Crippen LogP contribution in [-0.4, -0.2) is 33.7 Å². The lowest BCUT2D eigenvalue weighted by Crippen LogP contribution is -2.36. The second-order valence-corrected chi connectivity index (χ2v) is 11.1. The second-order valence-electron chi connectivity index (χ2n) is 11.1. The van der Waals surface area contributed by atoms with E-state index in [-0.39, 0.29) is 39.6 Å². The topological polar surface area (TPSA) is 116 Å². The highest BCUT2D eigenvalue weighted by Crippen LogP contribution is 2.51. The van der Waals surface area contributed by atoms with Gasteiger partial charge in [0.25, 0.3) is 5.69 Å². The Balaban J connectivity index is 1.61. The fourth-order valence-electron chi connectivity index (χ4n) is 5.73. The molecule has 1 heterocycles. The SMILES string of the molecule is C[C@@]1(N=C(C(=O)c2ccccc2)C(=O)c2ccccc2)OC(c2ccccc2)=C(C(=O)c2ccccc2)[C@H]1c1ccc([N+](=O)[O-])cc1. The molecule has 0 bridgehead atoms. The van der Waals surface area contributed by atoms with Crippen LogP contribution in [0.2, 0.25) is 0 Å². The Labute approximate surface area is 270 Å². The quantitative estimate of drug-likeness (QED) is 0.0515. The van der Waals surface area contributed by atoms with E-state index in [4.69, 9.17) is 9.73 Å². The van der Waals surface area contributed by atoms with Gasteiger partial charge < -0.3 is 4.74 Å². The molecule has 0 spiro atoms. The molecule has 0 aromatic heterocycles. The first kappa shape index (κ1) is 30.7. The predicted molar refractivity (Wildman–Crippen MR) is 178 cm³/mol. The average molecular weight is 621 g/mol. The molecule has 0 aliphatic carbocycles. The van der Waals surface area contributed by atoms with Gasteiger partial charge in [0.05, 0.1) is 16.4 Å². The highest BCUT2D eigenvalue weighted by atomic mass is 16.6. The van der Waals surface area contributed by atoms with Crippen LogP contribution in [0, 0.1) is 10.1 Å². The molecule has 8 nitrogen and oxygen atoms in total. The fraction of sp³-hybridized carbons (Fsp3) is 0.0769. The van der Waals surface area contributed by atoms with E-state index < -0.39 is 28.1 Å². The van der Waals surface area contributed by atoms with Crippen molar-refractivity contribution in [3.05, 3.63) is 189 Å². The first-order chi connectivity index (χ1) is 22.8. The first-order valence-electron chi connectivity index (χ1n) is 14.9. The van der Waals surface area contributed by atoms with Crippen molar-refractivity contribution in [3.8, 4) is 0 Å². The van der Waals surface area contributed by atoms with Crippen LogP contribution in [0.4, 0.5) is 5.69 Å². The Kier molecular flexibility index (Phi) is 8.49.